The third-order valence-electron chi connectivity index (χ3n) is 3.44. The van der Waals surface area contributed by atoms with Crippen molar-refractivity contribution in [2.45, 2.75) is 20.3 Å². The first kappa shape index (κ1) is 15.5. The van der Waals surface area contributed by atoms with Gasteiger partial charge in [0.15, 0.2) is 0 Å². The van der Waals surface area contributed by atoms with Gasteiger partial charge in [0.2, 0.25) is 5.13 Å². The highest BCUT2D eigenvalue weighted by atomic mass is 32.1. The number of benzene rings is 2. The maximum atomic E-state index is 5.68. The number of nitrogens with one attached hydrogen (secondary N) is 1. The molecule has 1 aromatic heterocycles. The Morgan fingerprint density at radius 2 is 2.09 bits per heavy atom. The predicted molar refractivity (Wildman–Crippen MR) is 97.8 cm³/mol. The van der Waals surface area contributed by atoms with Crippen LogP contribution >= 0.6 is 11.3 Å². The molecular formula is C18H19N3OS. The monoisotopic (exact) mass is 325 g/mol. The van der Waals surface area contributed by atoms with Crippen molar-refractivity contribution in [3.8, 4) is 5.75 Å². The molecule has 23 heavy (non-hydrogen) atoms. The van der Waals surface area contributed by atoms with E-state index < -0.39 is 0 Å². The number of rotatable bonds is 6. The average molecular weight is 325 g/mol. The van der Waals surface area contributed by atoms with Crippen LogP contribution in [0.2, 0.25) is 0 Å². The molecule has 0 aliphatic heterocycles. The number of ether oxygens (including phenoxy) is 1. The molecule has 118 valence electrons. The van der Waals surface area contributed by atoms with Crippen molar-refractivity contribution < 1.29 is 4.74 Å². The van der Waals surface area contributed by atoms with E-state index in [1.807, 2.05) is 37.3 Å². The Kier molecular flexibility index (Phi) is 4.88. The van der Waals surface area contributed by atoms with Crippen LogP contribution < -0.4 is 10.2 Å². The molecule has 0 aliphatic carbocycles. The highest BCUT2D eigenvalue weighted by molar-refractivity contribution is 7.22. The standard InChI is InChI=1S/C18H19N3OS/c1-3-14-10-9-13(11-16(14)22-4-2)12-19-21-18-20-15-7-5-6-8-17(15)23-18/h5-12H,3-4H2,1-2H3,(H,20,21)/b19-12+. The molecule has 0 radical (unpaired) electrons. The normalized spacial score (nSPS) is 11.2. The second-order valence-electron chi connectivity index (χ2n) is 5.01. The molecule has 0 unspecified atom stereocenters. The number of aromatic nitrogens is 1. The van der Waals surface area contributed by atoms with E-state index in [0.717, 1.165) is 33.1 Å². The number of fused-ring (bicyclic) bond motifs is 1. The maximum Gasteiger partial charge on any atom is 0.204 e. The molecule has 2 aromatic carbocycles. The summed E-state index contributed by atoms with van der Waals surface area (Å²) in [7, 11) is 0. The molecule has 0 aliphatic rings. The minimum absolute atomic E-state index is 0.664. The van der Waals surface area contributed by atoms with Gasteiger partial charge < -0.3 is 4.74 Å². The molecular weight excluding hydrogens is 306 g/mol. The summed E-state index contributed by atoms with van der Waals surface area (Å²) in [5.74, 6) is 0.930. The van der Waals surface area contributed by atoms with Gasteiger partial charge in [-0.05, 0) is 42.7 Å². The first-order chi connectivity index (χ1) is 11.3. The number of aryl methyl sites for hydroxylation is 1. The van der Waals surface area contributed by atoms with E-state index in [2.05, 4.69) is 34.6 Å². The van der Waals surface area contributed by atoms with Crippen LogP contribution in [0.15, 0.2) is 47.6 Å². The van der Waals surface area contributed by atoms with Gasteiger partial charge in [-0.2, -0.15) is 5.10 Å². The number of hydrogen-bond donors (Lipinski definition) is 1. The van der Waals surface area contributed by atoms with Crippen LogP contribution in [0, 0.1) is 0 Å². The van der Waals surface area contributed by atoms with Gasteiger partial charge in [0.05, 0.1) is 23.0 Å². The molecule has 1 N–H and O–H groups in total. The molecule has 3 rings (SSSR count). The molecule has 0 bridgehead atoms. The number of hydrazone groups is 1. The molecule has 0 spiro atoms. The Balaban J connectivity index is 1.73. The summed E-state index contributed by atoms with van der Waals surface area (Å²) in [6.07, 6.45) is 2.74. The third-order valence-corrected chi connectivity index (χ3v) is 4.38. The largest absolute Gasteiger partial charge is 0.494 e. The van der Waals surface area contributed by atoms with E-state index in [4.69, 9.17) is 4.74 Å². The number of anilines is 1. The van der Waals surface area contributed by atoms with Crippen molar-refractivity contribution in [3.63, 3.8) is 0 Å². The number of nitrogens with zero attached hydrogens (tertiary/aromatic N) is 2. The van der Waals surface area contributed by atoms with E-state index >= 15 is 0 Å². The second-order valence-corrected chi connectivity index (χ2v) is 6.04. The molecule has 0 amide bonds. The summed E-state index contributed by atoms with van der Waals surface area (Å²) in [5.41, 5.74) is 6.20. The van der Waals surface area contributed by atoms with Gasteiger partial charge in [-0.3, -0.25) is 5.43 Å². The van der Waals surface area contributed by atoms with Crippen LogP contribution in [0.4, 0.5) is 5.13 Å². The zero-order valence-electron chi connectivity index (χ0n) is 13.2. The zero-order chi connectivity index (χ0) is 16.1. The fourth-order valence-electron chi connectivity index (χ4n) is 2.32. The van der Waals surface area contributed by atoms with E-state index in [1.165, 1.54) is 5.56 Å². The predicted octanol–water partition coefficient (Wildman–Crippen LogP) is 4.70. The summed E-state index contributed by atoms with van der Waals surface area (Å²) >= 11 is 1.59. The van der Waals surface area contributed by atoms with Crippen molar-refractivity contribution in [1.82, 2.24) is 4.98 Å². The first-order valence-electron chi connectivity index (χ1n) is 7.70. The lowest BCUT2D eigenvalue weighted by atomic mass is 10.1. The molecule has 5 heteroatoms. The van der Waals surface area contributed by atoms with Crippen LogP contribution in [0.5, 0.6) is 5.75 Å². The lowest BCUT2D eigenvalue weighted by molar-refractivity contribution is 0.337. The molecule has 3 aromatic rings. The van der Waals surface area contributed by atoms with Crippen molar-refractivity contribution in [2.75, 3.05) is 12.0 Å². The fourth-order valence-corrected chi connectivity index (χ4v) is 3.13. The average Bonchev–Trinajstić information content (AvgIpc) is 2.98. The van der Waals surface area contributed by atoms with Crippen LogP contribution in [0.1, 0.15) is 25.0 Å². The molecule has 0 atom stereocenters. The Morgan fingerprint density at radius 3 is 2.87 bits per heavy atom. The van der Waals surface area contributed by atoms with Crippen molar-refractivity contribution in [3.05, 3.63) is 53.6 Å². The first-order valence-corrected chi connectivity index (χ1v) is 8.52. The quantitative estimate of drug-likeness (QED) is 0.527. The minimum Gasteiger partial charge on any atom is -0.494 e. The molecule has 1 heterocycles. The minimum atomic E-state index is 0.664. The van der Waals surface area contributed by atoms with Gasteiger partial charge in [0.1, 0.15) is 5.75 Å². The zero-order valence-corrected chi connectivity index (χ0v) is 14.1. The molecule has 0 saturated heterocycles. The lowest BCUT2D eigenvalue weighted by Gasteiger charge is -2.09. The third kappa shape index (κ3) is 3.68. The Hall–Kier alpha value is -2.40. The summed E-state index contributed by atoms with van der Waals surface area (Å²) in [4.78, 5) is 4.49. The van der Waals surface area contributed by atoms with E-state index in [-0.39, 0.29) is 0 Å². The van der Waals surface area contributed by atoms with Gasteiger partial charge in [-0.15, -0.1) is 0 Å². The molecule has 0 fully saturated rings. The highest BCUT2D eigenvalue weighted by Crippen LogP contribution is 2.25. The van der Waals surface area contributed by atoms with E-state index in [0.29, 0.717) is 6.61 Å². The Morgan fingerprint density at radius 1 is 1.22 bits per heavy atom. The van der Waals surface area contributed by atoms with Crippen molar-refractivity contribution in [2.24, 2.45) is 5.10 Å². The summed E-state index contributed by atoms with van der Waals surface area (Å²) in [6, 6.07) is 14.2. The van der Waals surface area contributed by atoms with Crippen LogP contribution in [0.3, 0.4) is 0 Å². The van der Waals surface area contributed by atoms with Gasteiger partial charge >= 0.3 is 0 Å². The number of para-hydroxylation sites is 1. The van der Waals surface area contributed by atoms with E-state index in [1.54, 1.807) is 17.6 Å². The molecule has 4 nitrogen and oxygen atoms in total. The summed E-state index contributed by atoms with van der Waals surface area (Å²) in [5, 5.41) is 5.07. The second kappa shape index (κ2) is 7.24. The summed E-state index contributed by atoms with van der Waals surface area (Å²) in [6.45, 7) is 4.78. The van der Waals surface area contributed by atoms with Gasteiger partial charge in [-0.1, -0.05) is 42.5 Å². The number of hydrogen-bond acceptors (Lipinski definition) is 5. The fraction of sp³-hybridized carbons (Fsp3) is 0.222. The highest BCUT2D eigenvalue weighted by Gasteiger charge is 2.03. The SMILES string of the molecule is CCOc1cc(/C=N/Nc2nc3ccccc3s2)ccc1CC. The number of thiazole rings is 1. The smallest absolute Gasteiger partial charge is 0.204 e. The van der Waals surface area contributed by atoms with Gasteiger partial charge in [0.25, 0.3) is 0 Å². The van der Waals surface area contributed by atoms with Gasteiger partial charge in [0, 0.05) is 0 Å². The van der Waals surface area contributed by atoms with Crippen molar-refractivity contribution >= 4 is 32.9 Å². The topological polar surface area (TPSA) is 46.5 Å². The lowest BCUT2D eigenvalue weighted by Crippen LogP contribution is -1.97. The van der Waals surface area contributed by atoms with Gasteiger partial charge in [-0.25, -0.2) is 4.98 Å². The van der Waals surface area contributed by atoms with Crippen LogP contribution in [0.25, 0.3) is 10.2 Å². The van der Waals surface area contributed by atoms with Crippen LogP contribution in [-0.2, 0) is 6.42 Å². The van der Waals surface area contributed by atoms with E-state index in [9.17, 15) is 0 Å². The summed E-state index contributed by atoms with van der Waals surface area (Å²) < 4.78 is 6.83. The van der Waals surface area contributed by atoms with Crippen LogP contribution in [-0.4, -0.2) is 17.8 Å². The van der Waals surface area contributed by atoms with Crippen molar-refractivity contribution in [1.29, 1.82) is 0 Å². The molecule has 0 saturated carbocycles. The Labute approximate surface area is 139 Å². The Bertz CT molecular complexity index is 793. The maximum absolute atomic E-state index is 5.68.